The van der Waals surface area contributed by atoms with Crippen LogP contribution >= 0.6 is 0 Å². The van der Waals surface area contributed by atoms with E-state index in [1.54, 1.807) is 14.0 Å². The van der Waals surface area contributed by atoms with E-state index in [0.717, 1.165) is 70.6 Å². The van der Waals surface area contributed by atoms with Crippen molar-refractivity contribution in [3.05, 3.63) is 0 Å². The van der Waals surface area contributed by atoms with Crippen LogP contribution in [0, 0.1) is 5.92 Å². The number of methoxy groups -OCH3 is 1. The topological polar surface area (TPSA) is 245 Å². The number of carbonyl (C=O) groups is 7. The molecular formula is C45H84N4O13. The van der Waals surface area contributed by atoms with Crippen molar-refractivity contribution in [1.29, 1.82) is 0 Å². The molecule has 0 saturated carbocycles. The number of ether oxygens (including phenoxy) is 4. The molecule has 0 heterocycles. The van der Waals surface area contributed by atoms with Gasteiger partial charge in [-0.15, -0.1) is 0 Å². The highest BCUT2D eigenvalue weighted by Gasteiger charge is 2.20. The summed E-state index contributed by atoms with van der Waals surface area (Å²) in [4.78, 5) is 79.5. The molecule has 62 heavy (non-hydrogen) atoms. The summed E-state index contributed by atoms with van der Waals surface area (Å²) < 4.78 is 20.4. The summed E-state index contributed by atoms with van der Waals surface area (Å²) in [6.07, 6.45) is 19.8. The van der Waals surface area contributed by atoms with Crippen molar-refractivity contribution in [3.63, 3.8) is 0 Å². The number of amides is 4. The SMILES string of the molecule is CCCNC(=O)CC[C@H](NC(=O)CCCCCCCCCCCCCCCCC(=O)O)C(=O)O.COCCOCC(=O)NCCOCCOCC(=O)NCCCC[C@H](C)C(C)=O. The van der Waals surface area contributed by atoms with E-state index in [4.69, 9.17) is 24.1 Å². The average Bonchev–Trinajstić information content (AvgIpc) is 3.23. The second-order valence-electron chi connectivity index (χ2n) is 15.6. The van der Waals surface area contributed by atoms with Crippen LogP contribution < -0.4 is 21.3 Å². The van der Waals surface area contributed by atoms with Gasteiger partial charge in [-0.1, -0.05) is 97.3 Å². The minimum atomic E-state index is -1.10. The van der Waals surface area contributed by atoms with Crippen LogP contribution in [0.1, 0.15) is 162 Å². The molecule has 2 atom stereocenters. The van der Waals surface area contributed by atoms with Crippen LogP contribution in [0.5, 0.6) is 0 Å². The first-order valence-corrected chi connectivity index (χ1v) is 23.1. The van der Waals surface area contributed by atoms with Gasteiger partial charge >= 0.3 is 11.9 Å². The first-order valence-electron chi connectivity index (χ1n) is 23.1. The molecule has 0 aromatic heterocycles. The third-order valence-electron chi connectivity index (χ3n) is 9.83. The molecule has 17 nitrogen and oxygen atoms in total. The first-order chi connectivity index (χ1) is 29.8. The monoisotopic (exact) mass is 889 g/mol. The lowest BCUT2D eigenvalue weighted by Gasteiger charge is -2.14. The van der Waals surface area contributed by atoms with Crippen LogP contribution in [0.2, 0.25) is 0 Å². The standard InChI is InChI=1S/C26H48N2O6.C19H36N2O7/c1-2-21-27-23(29)20-19-22(26(33)34)28-24(30)17-15-13-11-9-7-5-3-4-6-8-10-12-14-16-18-25(31)32;1-16(17(2)22)6-4-5-7-20-18(23)14-28-13-12-26-9-8-21-19(24)15-27-11-10-25-3/h22H,2-21H2,1H3,(H,27,29)(H,28,30)(H,31,32)(H,33,34);16H,4-15H2,1-3H3,(H,20,23)(H,21,24)/t22-;16-/m00/s1. The molecule has 0 aromatic rings. The number of aliphatic carboxylic acids is 2. The Balaban J connectivity index is 0. The molecule has 0 aliphatic heterocycles. The van der Waals surface area contributed by atoms with Crippen molar-refractivity contribution in [2.75, 3.05) is 73.0 Å². The van der Waals surface area contributed by atoms with Gasteiger partial charge < -0.3 is 50.4 Å². The molecule has 0 aliphatic rings. The molecule has 0 aliphatic carbocycles. The van der Waals surface area contributed by atoms with E-state index in [-0.39, 0.29) is 61.4 Å². The Morgan fingerprint density at radius 2 is 0.984 bits per heavy atom. The molecule has 0 saturated heterocycles. The predicted octanol–water partition coefficient (Wildman–Crippen LogP) is 5.50. The van der Waals surface area contributed by atoms with Crippen molar-refractivity contribution in [3.8, 4) is 0 Å². The van der Waals surface area contributed by atoms with Crippen LogP contribution in [0.25, 0.3) is 0 Å². The first kappa shape index (κ1) is 60.4. The minimum absolute atomic E-state index is 0.00264. The highest BCUT2D eigenvalue weighted by atomic mass is 16.5. The lowest BCUT2D eigenvalue weighted by molar-refractivity contribution is -0.142. The van der Waals surface area contributed by atoms with Gasteiger partial charge in [0.2, 0.25) is 23.6 Å². The van der Waals surface area contributed by atoms with Crippen LogP contribution in [0.15, 0.2) is 0 Å². The number of carboxylic acids is 2. The molecule has 6 N–H and O–H groups in total. The molecule has 17 heteroatoms. The van der Waals surface area contributed by atoms with E-state index in [0.29, 0.717) is 65.5 Å². The average molecular weight is 889 g/mol. The Labute approximate surface area is 371 Å². The summed E-state index contributed by atoms with van der Waals surface area (Å²) in [5.41, 5.74) is 0. The maximum atomic E-state index is 12.0. The van der Waals surface area contributed by atoms with Gasteiger partial charge in [-0.25, -0.2) is 4.79 Å². The highest BCUT2D eigenvalue weighted by molar-refractivity contribution is 5.84. The van der Waals surface area contributed by atoms with E-state index in [1.165, 1.54) is 44.9 Å². The maximum absolute atomic E-state index is 12.0. The largest absolute Gasteiger partial charge is 0.481 e. The molecule has 0 bridgehead atoms. The lowest BCUT2D eigenvalue weighted by Crippen LogP contribution is -2.41. The Morgan fingerprint density at radius 1 is 0.500 bits per heavy atom. The molecule has 0 rings (SSSR count). The fraction of sp³-hybridized carbons (Fsp3) is 0.844. The summed E-state index contributed by atoms with van der Waals surface area (Å²) in [6.45, 7) is 8.83. The minimum Gasteiger partial charge on any atom is -0.481 e. The number of Topliss-reactive ketones (excluding diaryl/α,β-unsaturated/α-hetero) is 1. The number of carbonyl (C=O) groups excluding carboxylic acids is 5. The molecule has 362 valence electrons. The van der Waals surface area contributed by atoms with E-state index < -0.39 is 18.0 Å². The van der Waals surface area contributed by atoms with E-state index >= 15 is 0 Å². The maximum Gasteiger partial charge on any atom is 0.326 e. The summed E-state index contributed by atoms with van der Waals surface area (Å²) in [7, 11) is 1.57. The summed E-state index contributed by atoms with van der Waals surface area (Å²) in [5.74, 6) is -2.33. The molecule has 0 unspecified atom stereocenters. The van der Waals surface area contributed by atoms with Gasteiger partial charge in [0.1, 0.15) is 25.0 Å². The summed E-state index contributed by atoms with van der Waals surface area (Å²) in [6, 6.07) is -1.02. The highest BCUT2D eigenvalue weighted by Crippen LogP contribution is 2.14. The van der Waals surface area contributed by atoms with Crippen LogP contribution in [-0.4, -0.2) is 131 Å². The van der Waals surface area contributed by atoms with Crippen LogP contribution in [-0.2, 0) is 52.5 Å². The number of nitrogens with one attached hydrogen (secondary N) is 4. The fourth-order valence-electron chi connectivity index (χ4n) is 5.90. The molecule has 0 fully saturated rings. The van der Waals surface area contributed by atoms with Gasteiger partial charge in [0.25, 0.3) is 0 Å². The Morgan fingerprint density at radius 3 is 1.48 bits per heavy atom. The Kier molecular flexibility index (Phi) is 44.2. The van der Waals surface area contributed by atoms with E-state index in [9.17, 15) is 38.7 Å². The predicted molar refractivity (Wildman–Crippen MR) is 238 cm³/mol. The summed E-state index contributed by atoms with van der Waals surface area (Å²) >= 11 is 0. The van der Waals surface area contributed by atoms with Gasteiger partial charge in [-0.05, 0) is 45.4 Å². The van der Waals surface area contributed by atoms with Gasteiger partial charge in [-0.2, -0.15) is 0 Å². The molecular weight excluding hydrogens is 805 g/mol. The zero-order valence-electron chi connectivity index (χ0n) is 38.7. The number of ketones is 1. The third kappa shape index (κ3) is 45.8. The van der Waals surface area contributed by atoms with E-state index in [1.807, 2.05) is 13.8 Å². The number of rotatable bonds is 43. The molecule has 0 spiro atoms. The zero-order valence-corrected chi connectivity index (χ0v) is 38.7. The van der Waals surface area contributed by atoms with Crippen LogP contribution in [0.3, 0.4) is 0 Å². The smallest absolute Gasteiger partial charge is 0.326 e. The van der Waals surface area contributed by atoms with E-state index in [2.05, 4.69) is 21.3 Å². The Hall–Kier alpha value is -3.67. The molecule has 4 amide bonds. The van der Waals surface area contributed by atoms with Crippen molar-refractivity contribution in [2.24, 2.45) is 5.92 Å². The van der Waals surface area contributed by atoms with Crippen molar-refractivity contribution < 1.29 is 62.7 Å². The molecule has 0 aromatic carbocycles. The second kappa shape index (κ2) is 45.4. The van der Waals surface area contributed by atoms with Crippen molar-refractivity contribution in [2.45, 2.75) is 168 Å². The second-order valence-corrected chi connectivity index (χ2v) is 15.6. The van der Waals surface area contributed by atoms with Gasteiger partial charge in [0.15, 0.2) is 0 Å². The fourth-order valence-corrected chi connectivity index (χ4v) is 5.90. The number of carboxylic acid groups (broad SMARTS) is 2. The van der Waals surface area contributed by atoms with Crippen LogP contribution in [0.4, 0.5) is 0 Å². The lowest BCUT2D eigenvalue weighted by atomic mass is 10.0. The number of hydrogen-bond acceptors (Lipinski definition) is 11. The number of unbranched alkanes of at least 4 members (excludes halogenated alkanes) is 14. The summed E-state index contributed by atoms with van der Waals surface area (Å²) in [5, 5.41) is 28.5. The van der Waals surface area contributed by atoms with Crippen molar-refractivity contribution in [1.82, 2.24) is 21.3 Å². The van der Waals surface area contributed by atoms with Gasteiger partial charge in [0, 0.05) is 51.9 Å². The normalized spacial score (nSPS) is 11.7. The van der Waals surface area contributed by atoms with Gasteiger partial charge in [-0.3, -0.25) is 28.8 Å². The number of hydrogen-bond donors (Lipinski definition) is 6. The zero-order chi connectivity index (χ0) is 46.5. The quantitative estimate of drug-likeness (QED) is 0.0415. The third-order valence-corrected chi connectivity index (χ3v) is 9.83. The molecule has 0 radical (unpaired) electrons. The Bertz CT molecular complexity index is 1170. The van der Waals surface area contributed by atoms with Gasteiger partial charge in [0.05, 0.1) is 33.0 Å². The van der Waals surface area contributed by atoms with Crippen molar-refractivity contribution >= 4 is 41.4 Å².